The Kier molecular flexibility index (Phi) is 6.60. The number of ketones is 1. The molecule has 0 aliphatic heterocycles. The van der Waals surface area contributed by atoms with Gasteiger partial charge in [0.25, 0.3) is 0 Å². The lowest BCUT2D eigenvalue weighted by molar-refractivity contribution is 0.0488. The number of fused-ring (bicyclic) bond motifs is 3. The Balaban J connectivity index is 2.24. The molecule has 0 radical (unpaired) electrons. The molecule has 1 aliphatic carbocycles. The highest BCUT2D eigenvalue weighted by atomic mass is 32.2. The number of carbonyl (C=O) groups excluding carboxylic acids is 1. The van der Waals surface area contributed by atoms with Crippen molar-refractivity contribution in [3.8, 4) is 11.1 Å². The lowest BCUT2D eigenvalue weighted by Gasteiger charge is -2.33. The Morgan fingerprint density at radius 3 is 2.03 bits per heavy atom. The first kappa shape index (κ1) is 22.1. The highest BCUT2D eigenvalue weighted by molar-refractivity contribution is 7.98. The average Bonchev–Trinajstić information content (AvgIpc) is 2.98. The number of aliphatic hydroxyl groups is 1. The normalized spacial score (nSPS) is 14.6. The third-order valence-electron chi connectivity index (χ3n) is 6.30. The minimum Gasteiger partial charge on any atom is -0.382 e. The third-order valence-corrected chi connectivity index (χ3v) is 7.03. The van der Waals surface area contributed by atoms with E-state index in [9.17, 15) is 9.90 Å². The van der Waals surface area contributed by atoms with Gasteiger partial charge in [0.15, 0.2) is 5.78 Å². The summed E-state index contributed by atoms with van der Waals surface area (Å²) in [4.78, 5) is 14.1. The average molecular weight is 411 g/mol. The van der Waals surface area contributed by atoms with Crippen LogP contribution in [-0.2, 0) is 5.41 Å². The van der Waals surface area contributed by atoms with Crippen molar-refractivity contribution in [1.82, 2.24) is 0 Å². The Morgan fingerprint density at radius 1 is 0.966 bits per heavy atom. The van der Waals surface area contributed by atoms with Crippen LogP contribution in [0.5, 0.6) is 0 Å². The van der Waals surface area contributed by atoms with Crippen molar-refractivity contribution in [2.75, 3.05) is 6.26 Å². The highest BCUT2D eigenvalue weighted by Crippen LogP contribution is 2.55. The lowest BCUT2D eigenvalue weighted by atomic mass is 9.70. The van der Waals surface area contributed by atoms with Gasteiger partial charge in [0, 0.05) is 15.9 Å². The van der Waals surface area contributed by atoms with Gasteiger partial charge in [-0.15, -0.1) is 11.8 Å². The molecule has 0 heterocycles. The van der Waals surface area contributed by atoms with Crippen molar-refractivity contribution in [2.24, 2.45) is 0 Å². The molecule has 0 bridgehead atoms. The SMILES string of the molecule is CCCCC1(CCCC)c2cc(SC)ccc2-c2ccc(C(=O)C(C)(C)O)cc21. The van der Waals surface area contributed by atoms with Gasteiger partial charge in [0.2, 0.25) is 0 Å². The first-order valence-corrected chi connectivity index (χ1v) is 12.1. The molecule has 29 heavy (non-hydrogen) atoms. The standard InChI is InChI=1S/C26H34O2S/c1-6-8-14-26(15-9-7-2)22-16-18(24(27)25(3,4)28)10-12-20(22)21-13-11-19(29-5)17-23(21)26/h10-13,16-17,28H,6-9,14-15H2,1-5H3. The van der Waals surface area contributed by atoms with Crippen molar-refractivity contribution < 1.29 is 9.90 Å². The van der Waals surface area contributed by atoms with E-state index in [0.29, 0.717) is 5.56 Å². The molecule has 156 valence electrons. The van der Waals surface area contributed by atoms with E-state index in [2.05, 4.69) is 50.4 Å². The Morgan fingerprint density at radius 2 is 1.52 bits per heavy atom. The molecular formula is C26H34O2S. The zero-order valence-corrected chi connectivity index (χ0v) is 19.3. The van der Waals surface area contributed by atoms with Gasteiger partial charge in [0.05, 0.1) is 0 Å². The molecule has 0 spiro atoms. The summed E-state index contributed by atoms with van der Waals surface area (Å²) < 4.78 is 0. The van der Waals surface area contributed by atoms with Gasteiger partial charge in [-0.3, -0.25) is 4.79 Å². The summed E-state index contributed by atoms with van der Waals surface area (Å²) in [5, 5.41) is 10.3. The van der Waals surface area contributed by atoms with E-state index in [4.69, 9.17) is 0 Å². The molecule has 1 N–H and O–H groups in total. The fourth-order valence-electron chi connectivity index (χ4n) is 4.72. The molecule has 3 rings (SSSR count). The number of Topliss-reactive ketones (excluding diaryl/α,β-unsaturated/α-hetero) is 1. The van der Waals surface area contributed by atoms with Crippen LogP contribution < -0.4 is 0 Å². The van der Waals surface area contributed by atoms with Crippen LogP contribution in [0.25, 0.3) is 11.1 Å². The molecule has 0 unspecified atom stereocenters. The van der Waals surface area contributed by atoms with Gasteiger partial charge in [-0.25, -0.2) is 0 Å². The Bertz CT molecular complexity index is 884. The second-order valence-electron chi connectivity index (χ2n) is 8.85. The third kappa shape index (κ3) is 4.04. The van der Waals surface area contributed by atoms with Crippen molar-refractivity contribution in [3.05, 3.63) is 53.1 Å². The van der Waals surface area contributed by atoms with Gasteiger partial charge >= 0.3 is 0 Å². The number of rotatable bonds is 9. The summed E-state index contributed by atoms with van der Waals surface area (Å²) in [6.45, 7) is 7.64. The van der Waals surface area contributed by atoms with Crippen LogP contribution in [-0.4, -0.2) is 22.7 Å². The zero-order chi connectivity index (χ0) is 21.2. The number of unbranched alkanes of at least 4 members (excludes halogenated alkanes) is 2. The molecule has 0 aromatic heterocycles. The fraction of sp³-hybridized carbons (Fsp3) is 0.500. The monoisotopic (exact) mass is 410 g/mol. The zero-order valence-electron chi connectivity index (χ0n) is 18.5. The molecule has 2 aromatic carbocycles. The lowest BCUT2D eigenvalue weighted by Crippen LogP contribution is -2.32. The van der Waals surface area contributed by atoms with Crippen molar-refractivity contribution in [3.63, 3.8) is 0 Å². The highest BCUT2D eigenvalue weighted by Gasteiger charge is 2.43. The molecule has 0 amide bonds. The van der Waals surface area contributed by atoms with Gasteiger partial charge < -0.3 is 5.11 Å². The van der Waals surface area contributed by atoms with E-state index in [1.165, 1.54) is 27.1 Å². The van der Waals surface area contributed by atoms with E-state index in [0.717, 1.165) is 38.5 Å². The summed E-state index contributed by atoms with van der Waals surface area (Å²) >= 11 is 1.79. The van der Waals surface area contributed by atoms with Crippen LogP contribution in [0, 0.1) is 0 Å². The maximum atomic E-state index is 12.8. The first-order valence-electron chi connectivity index (χ1n) is 10.9. The largest absolute Gasteiger partial charge is 0.382 e. The summed E-state index contributed by atoms with van der Waals surface area (Å²) in [6.07, 6.45) is 8.96. The van der Waals surface area contributed by atoms with E-state index >= 15 is 0 Å². The van der Waals surface area contributed by atoms with E-state index in [-0.39, 0.29) is 11.2 Å². The molecule has 2 nitrogen and oxygen atoms in total. The van der Waals surface area contributed by atoms with Crippen molar-refractivity contribution in [1.29, 1.82) is 0 Å². The number of benzene rings is 2. The molecule has 0 fully saturated rings. The summed E-state index contributed by atoms with van der Waals surface area (Å²) in [6, 6.07) is 12.9. The minimum atomic E-state index is -1.36. The predicted octanol–water partition coefficient (Wildman–Crippen LogP) is 7.01. The topological polar surface area (TPSA) is 37.3 Å². The van der Waals surface area contributed by atoms with Crippen LogP contribution in [0.2, 0.25) is 0 Å². The van der Waals surface area contributed by atoms with Crippen molar-refractivity contribution >= 4 is 17.5 Å². The van der Waals surface area contributed by atoms with Crippen LogP contribution in [0.1, 0.15) is 87.7 Å². The van der Waals surface area contributed by atoms with Crippen molar-refractivity contribution in [2.45, 2.75) is 82.1 Å². The molecule has 0 saturated heterocycles. The van der Waals surface area contributed by atoms with Gasteiger partial charge in [-0.05, 0) is 73.4 Å². The van der Waals surface area contributed by atoms with E-state index in [1.54, 1.807) is 25.6 Å². The maximum absolute atomic E-state index is 12.8. The first-order chi connectivity index (χ1) is 13.8. The number of carbonyl (C=O) groups is 1. The summed E-state index contributed by atoms with van der Waals surface area (Å²) in [5.41, 5.74) is 4.49. The van der Waals surface area contributed by atoms with Gasteiger partial charge in [-0.1, -0.05) is 57.7 Å². The molecular weight excluding hydrogens is 376 g/mol. The summed E-state index contributed by atoms with van der Waals surface area (Å²) in [7, 11) is 0. The summed E-state index contributed by atoms with van der Waals surface area (Å²) in [5.74, 6) is -0.207. The van der Waals surface area contributed by atoms with E-state index in [1.807, 2.05) is 6.07 Å². The number of hydrogen-bond acceptors (Lipinski definition) is 3. The number of thioether (sulfide) groups is 1. The molecule has 2 aromatic rings. The second-order valence-corrected chi connectivity index (χ2v) is 9.73. The Labute approximate surface area is 180 Å². The van der Waals surface area contributed by atoms with Crippen LogP contribution >= 0.6 is 11.8 Å². The molecule has 3 heteroatoms. The van der Waals surface area contributed by atoms with Crippen LogP contribution in [0.4, 0.5) is 0 Å². The van der Waals surface area contributed by atoms with E-state index < -0.39 is 5.60 Å². The predicted molar refractivity (Wildman–Crippen MR) is 124 cm³/mol. The molecule has 1 aliphatic rings. The van der Waals surface area contributed by atoms with Crippen LogP contribution in [0.3, 0.4) is 0 Å². The smallest absolute Gasteiger partial charge is 0.193 e. The Hall–Kier alpha value is -1.58. The maximum Gasteiger partial charge on any atom is 0.193 e. The molecule has 0 saturated carbocycles. The second kappa shape index (κ2) is 8.65. The quantitative estimate of drug-likeness (QED) is 0.357. The van der Waals surface area contributed by atoms with Gasteiger partial charge in [0.1, 0.15) is 5.60 Å². The minimum absolute atomic E-state index is 0.0433. The number of hydrogen-bond donors (Lipinski definition) is 1. The fourth-order valence-corrected chi connectivity index (χ4v) is 5.16. The molecule has 0 atom stereocenters. The van der Waals surface area contributed by atoms with Crippen LogP contribution in [0.15, 0.2) is 41.3 Å². The van der Waals surface area contributed by atoms with Gasteiger partial charge in [-0.2, -0.15) is 0 Å².